The fourth-order valence-corrected chi connectivity index (χ4v) is 4.09. The van der Waals surface area contributed by atoms with Crippen LogP contribution in [0.3, 0.4) is 0 Å². The molecule has 0 aromatic heterocycles. The van der Waals surface area contributed by atoms with Gasteiger partial charge in [-0.05, 0) is 69.8 Å². The highest BCUT2D eigenvalue weighted by Crippen LogP contribution is 2.39. The highest BCUT2D eigenvalue weighted by molar-refractivity contribution is 5.75. The van der Waals surface area contributed by atoms with Crippen molar-refractivity contribution in [1.82, 2.24) is 0 Å². The van der Waals surface area contributed by atoms with Gasteiger partial charge in [0.05, 0.1) is 12.0 Å². The minimum absolute atomic E-state index is 0.272. The van der Waals surface area contributed by atoms with Gasteiger partial charge in [0, 0.05) is 5.92 Å². The van der Waals surface area contributed by atoms with Gasteiger partial charge in [-0.3, -0.25) is 4.79 Å². The predicted molar refractivity (Wildman–Crippen MR) is 122 cm³/mol. The molecule has 0 heterocycles. The molecule has 0 radical (unpaired) electrons. The average Bonchev–Trinajstić information content (AvgIpc) is 2.81. The molecule has 35 heavy (non-hydrogen) atoms. The van der Waals surface area contributed by atoms with Crippen LogP contribution in [0.25, 0.3) is 11.1 Å². The SMILES string of the molecule is O=C(O)Cc1ccc(C(c2ccc(F)cc2)c2ccc(F)cc2)c(-c2ccc(C(F)(F)F)cc2)c1. The molecule has 0 unspecified atom stereocenters. The zero-order valence-corrected chi connectivity index (χ0v) is 18.2. The fraction of sp³-hybridized carbons (Fsp3) is 0.107. The summed E-state index contributed by atoms with van der Waals surface area (Å²) in [6.45, 7) is 0. The Kier molecular flexibility index (Phi) is 6.69. The van der Waals surface area contributed by atoms with E-state index in [1.165, 1.54) is 36.4 Å². The summed E-state index contributed by atoms with van der Waals surface area (Å²) in [6, 6.07) is 21.1. The van der Waals surface area contributed by atoms with Gasteiger partial charge in [0.25, 0.3) is 0 Å². The Morgan fingerprint density at radius 1 is 0.743 bits per heavy atom. The minimum Gasteiger partial charge on any atom is -0.481 e. The Bertz CT molecular complexity index is 1280. The molecule has 0 aliphatic heterocycles. The van der Waals surface area contributed by atoms with Crippen molar-refractivity contribution in [3.05, 3.63) is 130 Å². The van der Waals surface area contributed by atoms with Gasteiger partial charge in [0.2, 0.25) is 0 Å². The lowest BCUT2D eigenvalue weighted by Crippen LogP contribution is -2.08. The Morgan fingerprint density at radius 2 is 1.26 bits per heavy atom. The third-order valence-electron chi connectivity index (χ3n) is 5.71. The Labute approximate surface area is 198 Å². The number of halogens is 5. The normalized spacial score (nSPS) is 11.6. The van der Waals surface area contributed by atoms with Crippen molar-refractivity contribution in [1.29, 1.82) is 0 Å². The molecule has 7 heteroatoms. The predicted octanol–water partition coefficient (Wildman–Crippen LogP) is 7.46. The summed E-state index contributed by atoms with van der Waals surface area (Å²) >= 11 is 0. The molecular weight excluding hydrogens is 463 g/mol. The molecule has 0 aliphatic carbocycles. The maximum Gasteiger partial charge on any atom is 0.416 e. The molecule has 0 fully saturated rings. The van der Waals surface area contributed by atoms with Crippen LogP contribution in [0, 0.1) is 11.6 Å². The number of alkyl halides is 3. The zero-order valence-electron chi connectivity index (χ0n) is 18.2. The van der Waals surface area contributed by atoms with E-state index in [0.29, 0.717) is 33.4 Å². The van der Waals surface area contributed by atoms with Crippen molar-refractivity contribution in [2.75, 3.05) is 0 Å². The van der Waals surface area contributed by atoms with Crippen LogP contribution in [-0.2, 0) is 17.4 Å². The van der Waals surface area contributed by atoms with Crippen molar-refractivity contribution < 1.29 is 31.9 Å². The number of carboxylic acid groups (broad SMARTS) is 1. The topological polar surface area (TPSA) is 37.3 Å². The van der Waals surface area contributed by atoms with Crippen LogP contribution in [0.2, 0.25) is 0 Å². The maximum absolute atomic E-state index is 13.7. The summed E-state index contributed by atoms with van der Waals surface area (Å²) in [7, 11) is 0. The van der Waals surface area contributed by atoms with E-state index in [2.05, 4.69) is 0 Å². The zero-order chi connectivity index (χ0) is 25.2. The summed E-state index contributed by atoms with van der Waals surface area (Å²) in [5.41, 5.74) is 2.64. The van der Waals surface area contributed by atoms with Crippen molar-refractivity contribution in [3.8, 4) is 11.1 Å². The van der Waals surface area contributed by atoms with E-state index in [0.717, 1.165) is 12.1 Å². The molecule has 1 N–H and O–H groups in total. The summed E-state index contributed by atoms with van der Waals surface area (Å²) in [5, 5.41) is 9.24. The first-order valence-corrected chi connectivity index (χ1v) is 10.6. The first-order valence-electron chi connectivity index (χ1n) is 10.6. The number of carboxylic acids is 1. The maximum atomic E-state index is 13.7. The lowest BCUT2D eigenvalue weighted by atomic mass is 9.80. The first kappa shape index (κ1) is 24.1. The van der Waals surface area contributed by atoms with E-state index in [-0.39, 0.29) is 6.42 Å². The van der Waals surface area contributed by atoms with Crippen LogP contribution in [0.5, 0.6) is 0 Å². The van der Waals surface area contributed by atoms with Gasteiger partial charge in [-0.2, -0.15) is 13.2 Å². The molecule has 0 spiro atoms. The molecule has 4 aromatic carbocycles. The van der Waals surface area contributed by atoms with Gasteiger partial charge in [-0.15, -0.1) is 0 Å². The van der Waals surface area contributed by atoms with Crippen LogP contribution in [0.4, 0.5) is 22.0 Å². The molecule has 0 amide bonds. The van der Waals surface area contributed by atoms with Crippen molar-refractivity contribution >= 4 is 5.97 Å². The summed E-state index contributed by atoms with van der Waals surface area (Å²) in [5.74, 6) is -2.45. The second kappa shape index (κ2) is 9.70. The number of rotatable bonds is 6. The van der Waals surface area contributed by atoms with Crippen molar-refractivity contribution in [2.45, 2.75) is 18.5 Å². The number of hydrogen-bond donors (Lipinski definition) is 1. The van der Waals surface area contributed by atoms with E-state index < -0.39 is 35.3 Å². The largest absolute Gasteiger partial charge is 0.481 e. The fourth-order valence-electron chi connectivity index (χ4n) is 4.09. The Morgan fingerprint density at radius 3 is 1.71 bits per heavy atom. The van der Waals surface area contributed by atoms with Crippen LogP contribution in [-0.4, -0.2) is 11.1 Å². The van der Waals surface area contributed by atoms with Crippen LogP contribution < -0.4 is 0 Å². The number of aliphatic carboxylic acids is 1. The smallest absolute Gasteiger partial charge is 0.416 e. The summed E-state index contributed by atoms with van der Waals surface area (Å²) < 4.78 is 66.7. The van der Waals surface area contributed by atoms with E-state index in [1.54, 1.807) is 42.5 Å². The second-order valence-electron chi connectivity index (χ2n) is 8.10. The quantitative estimate of drug-likeness (QED) is 0.229. The van der Waals surface area contributed by atoms with Gasteiger partial charge in [-0.1, -0.05) is 54.6 Å². The number of carbonyl (C=O) groups is 1. The Balaban J connectivity index is 1.93. The number of benzene rings is 4. The third-order valence-corrected chi connectivity index (χ3v) is 5.71. The molecule has 0 bridgehead atoms. The second-order valence-corrected chi connectivity index (χ2v) is 8.10. The molecule has 4 aromatic rings. The molecule has 2 nitrogen and oxygen atoms in total. The van der Waals surface area contributed by atoms with Gasteiger partial charge >= 0.3 is 12.1 Å². The molecule has 0 aliphatic rings. The molecule has 0 saturated carbocycles. The summed E-state index contributed by atoms with van der Waals surface area (Å²) in [6.07, 6.45) is -4.77. The third kappa shape index (κ3) is 5.57. The molecule has 4 rings (SSSR count). The molecular formula is C28H19F5O2. The average molecular weight is 482 g/mol. The standard InChI is InChI=1S/C28H19F5O2/c29-22-10-4-19(5-11-22)27(20-6-12-23(30)13-7-20)24-14-1-17(16-26(34)35)15-25(24)18-2-8-21(9-3-18)28(31,32)33/h1-15,27H,16H2,(H,34,35). The van der Waals surface area contributed by atoms with Gasteiger partial charge in [0.1, 0.15) is 11.6 Å². The van der Waals surface area contributed by atoms with E-state index >= 15 is 0 Å². The Hall–Kier alpha value is -4.00. The highest BCUT2D eigenvalue weighted by atomic mass is 19.4. The lowest BCUT2D eigenvalue weighted by Gasteiger charge is -2.23. The van der Waals surface area contributed by atoms with Crippen molar-refractivity contribution in [3.63, 3.8) is 0 Å². The van der Waals surface area contributed by atoms with Crippen LogP contribution >= 0.6 is 0 Å². The highest BCUT2D eigenvalue weighted by Gasteiger charge is 2.30. The molecule has 178 valence electrons. The van der Waals surface area contributed by atoms with Crippen LogP contribution in [0.1, 0.15) is 33.7 Å². The minimum atomic E-state index is -4.50. The van der Waals surface area contributed by atoms with E-state index in [1.807, 2.05) is 0 Å². The molecule has 0 saturated heterocycles. The lowest BCUT2D eigenvalue weighted by molar-refractivity contribution is -0.138. The van der Waals surface area contributed by atoms with Crippen molar-refractivity contribution in [2.24, 2.45) is 0 Å². The summed E-state index contributed by atoms with van der Waals surface area (Å²) in [4.78, 5) is 11.3. The van der Waals surface area contributed by atoms with Crippen LogP contribution in [0.15, 0.2) is 91.0 Å². The monoisotopic (exact) mass is 482 g/mol. The number of hydrogen-bond acceptors (Lipinski definition) is 1. The van der Waals surface area contributed by atoms with Gasteiger partial charge in [-0.25, -0.2) is 8.78 Å². The molecule has 0 atom stereocenters. The van der Waals surface area contributed by atoms with Gasteiger partial charge < -0.3 is 5.11 Å². The van der Waals surface area contributed by atoms with E-state index in [9.17, 15) is 31.9 Å². The van der Waals surface area contributed by atoms with E-state index in [4.69, 9.17) is 0 Å². The van der Waals surface area contributed by atoms with Gasteiger partial charge in [0.15, 0.2) is 0 Å². The first-order chi connectivity index (χ1) is 16.6.